The van der Waals surface area contributed by atoms with Gasteiger partial charge in [-0.1, -0.05) is 26.8 Å². The number of anilines is 1. The van der Waals surface area contributed by atoms with Crippen LogP contribution in [0.15, 0.2) is 42.3 Å². The first-order valence-electron chi connectivity index (χ1n) is 18.6. The van der Waals surface area contributed by atoms with Gasteiger partial charge in [0.1, 0.15) is 46.8 Å². The summed E-state index contributed by atoms with van der Waals surface area (Å²) in [5, 5.41) is 10.1. The highest BCUT2D eigenvalue weighted by Crippen LogP contribution is 2.67. The minimum atomic E-state index is -4.83. The number of rotatable bonds is 13. The number of hydrogen-bond donors (Lipinski definition) is 5. The highest BCUT2D eigenvalue weighted by atomic mass is 32.1. The summed E-state index contributed by atoms with van der Waals surface area (Å²) in [5.41, 5.74) is 0.921. The molecule has 1 saturated heterocycles. The van der Waals surface area contributed by atoms with E-state index in [1.807, 2.05) is 25.3 Å². The summed E-state index contributed by atoms with van der Waals surface area (Å²) in [6, 6.07) is 5.02. The Morgan fingerprint density at radius 3 is 2.45 bits per heavy atom. The Balaban J connectivity index is 1.33. The van der Waals surface area contributed by atoms with Crippen LogP contribution >= 0.6 is 18.9 Å². The second-order valence-electron chi connectivity index (χ2n) is 16.0. The van der Waals surface area contributed by atoms with Crippen molar-refractivity contribution in [1.29, 1.82) is 0 Å². The van der Waals surface area contributed by atoms with Gasteiger partial charge in [-0.2, -0.15) is 0 Å². The molecule has 2 saturated carbocycles. The van der Waals surface area contributed by atoms with Crippen molar-refractivity contribution in [2.24, 2.45) is 11.3 Å². The smallest absolute Gasteiger partial charge is 0.408 e. The standard InChI is InChI=1S/C38H51N6O9PS/c1-8-22-18-38(22,54(48,49)50)43-33(45)30-16-25(19-44(30)34(46)32(37(4,5)6)42-36(47)53-23-11-9-10-12-23)52-31-17-28(29-20-55-35(41-29)39-21(2)3)40-27-15-24(51-7)13-14-26(27)31/h8,13-15,17,20-23,25,30,32H,1,9-12,16,18-19H2,2-7H3,(H,39,41)(H,42,47)(H,43,45)(H2,48,49,50)/t22-,25?,30+,32-,38+/m1/s1. The fourth-order valence-electron chi connectivity index (χ4n) is 7.32. The number of pyridine rings is 1. The van der Waals surface area contributed by atoms with Crippen molar-refractivity contribution >= 4 is 52.9 Å². The average Bonchev–Trinajstić information content (AvgIpc) is 3.50. The number of ether oxygens (including phenoxy) is 3. The molecule has 3 heterocycles. The number of fused-ring (bicyclic) bond motifs is 1. The monoisotopic (exact) mass is 798 g/mol. The van der Waals surface area contributed by atoms with Crippen LogP contribution in [0.25, 0.3) is 22.3 Å². The van der Waals surface area contributed by atoms with Crippen molar-refractivity contribution in [2.45, 2.75) is 109 Å². The van der Waals surface area contributed by atoms with E-state index in [-0.39, 0.29) is 31.5 Å². The number of hydrogen-bond acceptors (Lipinski definition) is 11. The number of aromatic nitrogens is 2. The maximum Gasteiger partial charge on any atom is 0.408 e. The number of nitrogens with zero attached hydrogens (tertiary/aromatic N) is 3. The molecule has 1 unspecified atom stereocenters. The molecule has 1 aliphatic heterocycles. The number of likely N-dealkylation sites (tertiary alicyclic amines) is 1. The lowest BCUT2D eigenvalue weighted by molar-refractivity contribution is -0.142. The minimum Gasteiger partial charge on any atom is -0.497 e. The van der Waals surface area contributed by atoms with Gasteiger partial charge in [-0.25, -0.2) is 14.8 Å². The van der Waals surface area contributed by atoms with Crippen molar-refractivity contribution in [2.75, 3.05) is 19.0 Å². The van der Waals surface area contributed by atoms with E-state index in [4.69, 9.17) is 24.2 Å². The third-order valence-corrected chi connectivity index (χ3v) is 12.8. The predicted octanol–water partition coefficient (Wildman–Crippen LogP) is 5.82. The molecule has 55 heavy (non-hydrogen) atoms. The normalized spacial score (nSPS) is 23.4. The summed E-state index contributed by atoms with van der Waals surface area (Å²) < 4.78 is 30.5. The number of methoxy groups -OCH3 is 1. The van der Waals surface area contributed by atoms with E-state index in [1.165, 1.54) is 22.3 Å². The lowest BCUT2D eigenvalue weighted by atomic mass is 9.85. The Labute approximate surface area is 324 Å². The van der Waals surface area contributed by atoms with Crippen molar-refractivity contribution in [3.63, 3.8) is 0 Å². The number of thiazole rings is 1. The summed E-state index contributed by atoms with van der Waals surface area (Å²) in [4.78, 5) is 73.4. The molecule has 5 N–H and O–H groups in total. The quantitative estimate of drug-likeness (QED) is 0.103. The Morgan fingerprint density at radius 1 is 1.11 bits per heavy atom. The fourth-order valence-corrected chi connectivity index (χ4v) is 9.40. The third-order valence-electron chi connectivity index (χ3n) is 10.4. The molecule has 1 aromatic carbocycles. The van der Waals surface area contributed by atoms with Crippen LogP contribution in [-0.4, -0.2) is 91.8 Å². The number of benzene rings is 1. The van der Waals surface area contributed by atoms with Crippen molar-refractivity contribution in [1.82, 2.24) is 25.5 Å². The fraction of sp³-hybridized carbons (Fsp3) is 0.553. The van der Waals surface area contributed by atoms with Crippen LogP contribution in [0, 0.1) is 11.3 Å². The molecule has 2 aromatic heterocycles. The molecular formula is C38H51N6O9PS. The Kier molecular flexibility index (Phi) is 11.6. The van der Waals surface area contributed by atoms with Crippen LogP contribution in [0.4, 0.5) is 9.93 Å². The molecule has 5 atom stereocenters. The van der Waals surface area contributed by atoms with Crippen molar-refractivity contribution in [3.8, 4) is 22.9 Å². The van der Waals surface area contributed by atoms with Gasteiger partial charge in [0.2, 0.25) is 11.8 Å². The number of nitrogens with one attached hydrogen (secondary N) is 3. The van der Waals surface area contributed by atoms with Gasteiger partial charge in [0.15, 0.2) is 5.13 Å². The first-order valence-corrected chi connectivity index (χ1v) is 21.1. The zero-order valence-electron chi connectivity index (χ0n) is 32.0. The van der Waals surface area contributed by atoms with Gasteiger partial charge in [-0.05, 0) is 63.5 Å². The van der Waals surface area contributed by atoms with Crippen molar-refractivity contribution < 1.29 is 42.9 Å². The first kappa shape index (κ1) is 40.4. The van der Waals surface area contributed by atoms with E-state index < -0.39 is 60.3 Å². The zero-order valence-corrected chi connectivity index (χ0v) is 33.7. The Hall–Kier alpha value is -4.24. The van der Waals surface area contributed by atoms with Gasteiger partial charge in [0, 0.05) is 41.3 Å². The first-order chi connectivity index (χ1) is 25.9. The average molecular weight is 799 g/mol. The van der Waals surface area contributed by atoms with Crippen LogP contribution in [0.5, 0.6) is 11.5 Å². The van der Waals surface area contributed by atoms with E-state index in [9.17, 15) is 28.7 Å². The third kappa shape index (κ3) is 8.77. The number of amides is 3. The number of carbonyl (C=O) groups excluding carboxylic acids is 3. The Morgan fingerprint density at radius 2 is 1.84 bits per heavy atom. The number of alkyl carbamates (subject to hydrolysis) is 1. The van der Waals surface area contributed by atoms with Gasteiger partial charge < -0.3 is 44.8 Å². The number of carbonyl (C=O) groups is 3. The van der Waals surface area contributed by atoms with E-state index >= 15 is 0 Å². The van der Waals surface area contributed by atoms with E-state index in [0.29, 0.717) is 33.8 Å². The lowest BCUT2D eigenvalue weighted by Gasteiger charge is -2.35. The van der Waals surface area contributed by atoms with Crippen LogP contribution in [0.3, 0.4) is 0 Å². The highest BCUT2D eigenvalue weighted by molar-refractivity contribution is 7.54. The van der Waals surface area contributed by atoms with Crippen LogP contribution in [-0.2, 0) is 18.9 Å². The molecule has 3 aromatic rings. The van der Waals surface area contributed by atoms with Gasteiger partial charge in [-0.3, -0.25) is 14.2 Å². The molecule has 2 aliphatic carbocycles. The van der Waals surface area contributed by atoms with Crippen LogP contribution in [0.1, 0.15) is 73.1 Å². The van der Waals surface area contributed by atoms with Gasteiger partial charge in [-0.15, -0.1) is 17.9 Å². The van der Waals surface area contributed by atoms with Crippen LogP contribution in [0.2, 0.25) is 0 Å². The van der Waals surface area contributed by atoms with Gasteiger partial charge in [0.05, 0.1) is 24.9 Å². The second-order valence-corrected chi connectivity index (χ2v) is 18.7. The molecule has 3 aliphatic rings. The zero-order chi connectivity index (χ0) is 39.9. The molecule has 3 fully saturated rings. The molecule has 17 heteroatoms. The Bertz CT molecular complexity index is 1990. The molecule has 15 nitrogen and oxygen atoms in total. The predicted molar refractivity (Wildman–Crippen MR) is 209 cm³/mol. The van der Waals surface area contributed by atoms with E-state index in [0.717, 1.165) is 30.8 Å². The maximum absolute atomic E-state index is 14.6. The summed E-state index contributed by atoms with van der Waals surface area (Å²) in [6.07, 6.45) is 3.10. The minimum absolute atomic E-state index is 0.00650. The van der Waals surface area contributed by atoms with E-state index in [2.05, 4.69) is 22.5 Å². The van der Waals surface area contributed by atoms with Crippen LogP contribution < -0.4 is 25.4 Å². The summed E-state index contributed by atoms with van der Waals surface area (Å²) >= 11 is 1.44. The van der Waals surface area contributed by atoms with Crippen molar-refractivity contribution in [3.05, 3.63) is 42.3 Å². The van der Waals surface area contributed by atoms with Gasteiger partial charge in [0.25, 0.3) is 0 Å². The maximum atomic E-state index is 14.6. The topological polar surface area (TPSA) is 202 Å². The summed E-state index contributed by atoms with van der Waals surface area (Å²) in [5.74, 6) is -0.933. The molecule has 0 bridgehead atoms. The summed E-state index contributed by atoms with van der Waals surface area (Å²) in [6.45, 7) is 13.0. The largest absolute Gasteiger partial charge is 0.497 e. The summed E-state index contributed by atoms with van der Waals surface area (Å²) in [7, 11) is -3.27. The SMILES string of the molecule is C=C[C@@H]1C[C@]1(NC(=O)[C@@H]1CC(Oc2cc(-c3csc(NC(C)C)n3)nc3cc(OC)ccc23)CN1C(=O)[C@@H](NC(=O)OC1CCCC1)C(C)(C)C)P(=O)(O)O. The molecule has 0 spiro atoms. The molecule has 6 rings (SSSR count). The van der Waals surface area contributed by atoms with Gasteiger partial charge >= 0.3 is 13.7 Å². The lowest BCUT2D eigenvalue weighted by Crippen LogP contribution is -2.58. The molecule has 298 valence electrons. The van der Waals surface area contributed by atoms with E-state index in [1.54, 1.807) is 46.1 Å². The highest BCUT2D eigenvalue weighted by Gasteiger charge is 2.66. The molecule has 3 amide bonds. The molecular weight excluding hydrogens is 747 g/mol. The molecule has 0 radical (unpaired) electrons. The second kappa shape index (κ2) is 15.7.